The highest BCUT2D eigenvalue weighted by molar-refractivity contribution is 5.83. The molecule has 0 aliphatic heterocycles. The second-order valence-electron chi connectivity index (χ2n) is 2.21. The number of esters is 1. The summed E-state index contributed by atoms with van der Waals surface area (Å²) in [6.45, 7) is 2.16. The highest BCUT2D eigenvalue weighted by Gasteiger charge is 2.03. The van der Waals surface area contributed by atoms with E-state index in [2.05, 4.69) is 6.42 Å². The van der Waals surface area contributed by atoms with Crippen molar-refractivity contribution in [1.82, 2.24) is 0 Å². The van der Waals surface area contributed by atoms with E-state index >= 15 is 0 Å². The van der Waals surface area contributed by atoms with Crippen LogP contribution >= 0.6 is 0 Å². The fourth-order valence-corrected chi connectivity index (χ4v) is 0.807. The molecule has 62 valence electrons. The third-order valence-electron chi connectivity index (χ3n) is 1.30. The molecule has 12 heavy (non-hydrogen) atoms. The predicted molar refractivity (Wildman–Crippen MR) is 45.4 cm³/mol. The third-order valence-corrected chi connectivity index (χ3v) is 1.30. The van der Waals surface area contributed by atoms with Crippen molar-refractivity contribution in [2.45, 2.75) is 6.92 Å². The summed E-state index contributed by atoms with van der Waals surface area (Å²) >= 11 is 0. The Labute approximate surface area is 72.2 Å². The Morgan fingerprint density at radius 1 is 1.42 bits per heavy atom. The molecule has 0 aliphatic carbocycles. The Hall–Kier alpha value is -1.31. The second kappa shape index (κ2) is 4.54. The molecule has 0 heterocycles. The fraction of sp³-hybridized carbons (Fsp3) is 0.200. The first kappa shape index (κ1) is 8.78. The van der Waals surface area contributed by atoms with Gasteiger partial charge in [0.15, 0.2) is 0 Å². The van der Waals surface area contributed by atoms with Gasteiger partial charge in [-0.05, 0) is 12.5 Å². The first-order valence-electron chi connectivity index (χ1n) is 3.81. The molecule has 0 spiro atoms. The Balaban J connectivity index is 2.47. The van der Waals surface area contributed by atoms with Crippen molar-refractivity contribution in [1.29, 1.82) is 0 Å². The van der Waals surface area contributed by atoms with Crippen molar-refractivity contribution in [3.8, 4) is 0 Å². The molecule has 0 bridgehead atoms. The maximum absolute atomic E-state index is 10.9. The van der Waals surface area contributed by atoms with Crippen molar-refractivity contribution >= 4 is 5.97 Å². The Morgan fingerprint density at radius 3 is 2.67 bits per heavy atom. The number of carbonyl (C=O) groups excluding carboxylic acids is 1. The van der Waals surface area contributed by atoms with Crippen LogP contribution in [0.15, 0.2) is 30.3 Å². The Bertz CT molecular complexity index is 241. The first-order chi connectivity index (χ1) is 5.83. The van der Waals surface area contributed by atoms with Gasteiger partial charge in [-0.25, -0.2) is 0 Å². The number of ether oxygens (including phenoxy) is 1. The van der Waals surface area contributed by atoms with Crippen LogP contribution in [0.1, 0.15) is 12.5 Å². The summed E-state index contributed by atoms with van der Waals surface area (Å²) in [5.41, 5.74) is 0.746. The monoisotopic (exact) mass is 162 g/mol. The molecule has 0 aromatic heterocycles. The number of benzene rings is 1. The summed E-state index contributed by atoms with van der Waals surface area (Å²) in [7, 11) is 0. The lowest BCUT2D eigenvalue weighted by atomic mass is 10.2. The van der Waals surface area contributed by atoms with Crippen LogP contribution in [0.4, 0.5) is 0 Å². The third kappa shape index (κ3) is 2.74. The molecule has 0 amide bonds. The van der Waals surface area contributed by atoms with Crippen molar-refractivity contribution in [3.63, 3.8) is 0 Å². The number of rotatable bonds is 3. The van der Waals surface area contributed by atoms with E-state index in [1.54, 1.807) is 19.1 Å². The van der Waals surface area contributed by atoms with Gasteiger partial charge in [-0.2, -0.15) is 0 Å². The zero-order chi connectivity index (χ0) is 8.81. The van der Waals surface area contributed by atoms with Gasteiger partial charge < -0.3 is 4.74 Å². The van der Waals surface area contributed by atoms with Crippen LogP contribution in [0.2, 0.25) is 0 Å². The highest BCUT2D eigenvalue weighted by atomic mass is 16.5. The van der Waals surface area contributed by atoms with Crippen LogP contribution in [0, 0.1) is 6.42 Å². The summed E-state index contributed by atoms with van der Waals surface area (Å²) < 4.78 is 4.70. The maximum Gasteiger partial charge on any atom is 0.319 e. The van der Waals surface area contributed by atoms with Gasteiger partial charge in [0, 0.05) is 0 Å². The summed E-state index contributed by atoms with van der Waals surface area (Å²) in [6, 6.07) is 9.19. The molecule has 2 nitrogen and oxygen atoms in total. The standard InChI is InChI=1S/C10H10O2/c1-2-12-10(11)8-9-6-4-3-5-7-9/h3-7H,2H2,1H3. The van der Waals surface area contributed by atoms with Crippen molar-refractivity contribution < 1.29 is 9.53 Å². The molecule has 0 fully saturated rings. The first-order valence-corrected chi connectivity index (χ1v) is 3.81. The zero-order valence-corrected chi connectivity index (χ0v) is 6.91. The SMILES string of the molecule is CCOC(=O)[C]c1ccccc1. The minimum atomic E-state index is -0.413. The average molecular weight is 162 g/mol. The van der Waals surface area contributed by atoms with Crippen LogP contribution in [-0.2, 0) is 9.53 Å². The second-order valence-corrected chi connectivity index (χ2v) is 2.21. The van der Waals surface area contributed by atoms with Crippen LogP contribution in [0.3, 0.4) is 0 Å². The van der Waals surface area contributed by atoms with E-state index in [1.165, 1.54) is 0 Å². The van der Waals surface area contributed by atoms with E-state index in [0.29, 0.717) is 6.61 Å². The molecule has 0 N–H and O–H groups in total. The molecule has 0 saturated heterocycles. The van der Waals surface area contributed by atoms with E-state index in [1.807, 2.05) is 18.2 Å². The zero-order valence-electron chi connectivity index (χ0n) is 6.91. The Morgan fingerprint density at radius 2 is 2.08 bits per heavy atom. The van der Waals surface area contributed by atoms with Crippen LogP contribution in [-0.4, -0.2) is 12.6 Å². The van der Waals surface area contributed by atoms with Crippen molar-refractivity contribution in [2.24, 2.45) is 0 Å². The highest BCUT2D eigenvalue weighted by Crippen LogP contribution is 2.02. The predicted octanol–water partition coefficient (Wildman–Crippen LogP) is 1.68. The maximum atomic E-state index is 10.9. The average Bonchev–Trinajstić information content (AvgIpc) is 2.06. The molecule has 0 saturated carbocycles. The number of hydrogen-bond acceptors (Lipinski definition) is 2. The molecule has 0 atom stereocenters. The molecule has 0 unspecified atom stereocenters. The summed E-state index contributed by atoms with van der Waals surface area (Å²) in [4.78, 5) is 10.9. The number of hydrogen-bond donors (Lipinski definition) is 0. The van der Waals surface area contributed by atoms with Crippen LogP contribution in [0.25, 0.3) is 0 Å². The van der Waals surface area contributed by atoms with Gasteiger partial charge in [0.05, 0.1) is 6.61 Å². The molecule has 1 rings (SSSR count). The van der Waals surface area contributed by atoms with Gasteiger partial charge in [-0.1, -0.05) is 30.3 Å². The normalized spacial score (nSPS) is 9.42. The lowest BCUT2D eigenvalue weighted by Gasteiger charge is -1.99. The fourth-order valence-electron chi connectivity index (χ4n) is 0.807. The van der Waals surface area contributed by atoms with E-state index in [-0.39, 0.29) is 0 Å². The summed E-state index contributed by atoms with van der Waals surface area (Å²) in [6.07, 6.45) is 2.58. The topological polar surface area (TPSA) is 26.3 Å². The lowest BCUT2D eigenvalue weighted by Crippen LogP contribution is -2.04. The summed E-state index contributed by atoms with van der Waals surface area (Å²) in [5.74, 6) is -0.413. The van der Waals surface area contributed by atoms with Crippen LogP contribution in [0.5, 0.6) is 0 Å². The number of carbonyl (C=O) groups is 1. The van der Waals surface area contributed by atoms with Gasteiger partial charge in [0.2, 0.25) is 0 Å². The van der Waals surface area contributed by atoms with E-state index in [9.17, 15) is 4.79 Å². The molecule has 1 aromatic rings. The van der Waals surface area contributed by atoms with Gasteiger partial charge in [-0.15, -0.1) is 0 Å². The van der Waals surface area contributed by atoms with Gasteiger partial charge in [-0.3, -0.25) is 4.79 Å². The largest absolute Gasteiger partial charge is 0.465 e. The quantitative estimate of drug-likeness (QED) is 0.632. The Kier molecular flexibility index (Phi) is 3.33. The van der Waals surface area contributed by atoms with E-state index in [4.69, 9.17) is 4.74 Å². The molecule has 0 aliphatic rings. The molecular weight excluding hydrogens is 152 g/mol. The molecule has 2 heteroatoms. The van der Waals surface area contributed by atoms with Gasteiger partial charge in [0.1, 0.15) is 6.42 Å². The summed E-state index contributed by atoms with van der Waals surface area (Å²) in [5, 5.41) is 0. The van der Waals surface area contributed by atoms with Gasteiger partial charge in [0.25, 0.3) is 0 Å². The van der Waals surface area contributed by atoms with Crippen molar-refractivity contribution in [2.75, 3.05) is 6.61 Å². The van der Waals surface area contributed by atoms with E-state index in [0.717, 1.165) is 5.56 Å². The molecular formula is C10H10O2. The smallest absolute Gasteiger partial charge is 0.319 e. The van der Waals surface area contributed by atoms with E-state index < -0.39 is 5.97 Å². The molecule has 2 radical (unpaired) electrons. The minimum absolute atomic E-state index is 0.388. The minimum Gasteiger partial charge on any atom is -0.465 e. The lowest BCUT2D eigenvalue weighted by molar-refractivity contribution is -0.138. The van der Waals surface area contributed by atoms with Crippen molar-refractivity contribution in [3.05, 3.63) is 42.3 Å². The van der Waals surface area contributed by atoms with Crippen LogP contribution < -0.4 is 0 Å². The van der Waals surface area contributed by atoms with Gasteiger partial charge >= 0.3 is 5.97 Å². The molecule has 1 aromatic carbocycles.